The second kappa shape index (κ2) is 6.40. The Bertz CT molecular complexity index is 753. The topological polar surface area (TPSA) is 71.1 Å². The first-order chi connectivity index (χ1) is 9.94. The Morgan fingerprint density at radius 1 is 1.33 bits per heavy atom. The van der Waals surface area contributed by atoms with Crippen LogP contribution in [0.25, 0.3) is 0 Å². The molecule has 8 heteroatoms. The molecule has 0 fully saturated rings. The molecule has 0 atom stereocenters. The molecule has 1 aromatic heterocycles. The van der Waals surface area contributed by atoms with Crippen LogP contribution in [0.15, 0.2) is 45.9 Å². The van der Waals surface area contributed by atoms with Crippen molar-refractivity contribution in [1.82, 2.24) is 4.98 Å². The lowest BCUT2D eigenvalue weighted by Gasteiger charge is -2.12. The molecular formula is C13H13BrFN3O2S. The summed E-state index contributed by atoms with van der Waals surface area (Å²) < 4.78 is 40.8. The van der Waals surface area contributed by atoms with Crippen molar-refractivity contribution >= 4 is 37.5 Å². The lowest BCUT2D eigenvalue weighted by Crippen LogP contribution is -2.16. The van der Waals surface area contributed by atoms with E-state index in [1.165, 1.54) is 30.5 Å². The molecule has 0 spiro atoms. The standard InChI is InChI=1S/C13H13BrFN3O2S/c1-2-16-13-12(4-3-7-17-13)21(19,20)18-9-5-6-10(14)11(15)8-9/h3-8,18H,2H2,1H3,(H,16,17). The molecule has 2 rings (SSSR count). The maximum absolute atomic E-state index is 13.5. The number of benzene rings is 1. The van der Waals surface area contributed by atoms with Crippen molar-refractivity contribution in [3.8, 4) is 0 Å². The van der Waals surface area contributed by atoms with E-state index in [9.17, 15) is 12.8 Å². The van der Waals surface area contributed by atoms with Crippen LogP contribution < -0.4 is 10.0 Å². The maximum atomic E-state index is 13.5. The van der Waals surface area contributed by atoms with Gasteiger partial charge in [0, 0.05) is 12.7 Å². The highest BCUT2D eigenvalue weighted by molar-refractivity contribution is 9.10. The number of sulfonamides is 1. The average Bonchev–Trinajstić information content (AvgIpc) is 2.43. The highest BCUT2D eigenvalue weighted by Gasteiger charge is 2.19. The second-order valence-corrected chi connectivity index (χ2v) is 6.62. The zero-order valence-corrected chi connectivity index (χ0v) is 13.5. The number of hydrogen-bond acceptors (Lipinski definition) is 4. The predicted octanol–water partition coefficient (Wildman–Crippen LogP) is 3.22. The smallest absolute Gasteiger partial charge is 0.265 e. The summed E-state index contributed by atoms with van der Waals surface area (Å²) in [5.41, 5.74) is 0.141. The van der Waals surface area contributed by atoms with Crippen LogP contribution in [0.5, 0.6) is 0 Å². The third-order valence-corrected chi connectivity index (χ3v) is 4.63. The van der Waals surface area contributed by atoms with Crippen molar-refractivity contribution in [1.29, 1.82) is 0 Å². The first-order valence-electron chi connectivity index (χ1n) is 6.11. The number of hydrogen-bond donors (Lipinski definition) is 2. The Morgan fingerprint density at radius 2 is 2.10 bits per heavy atom. The number of pyridine rings is 1. The van der Waals surface area contributed by atoms with Gasteiger partial charge in [-0.05, 0) is 53.2 Å². The quantitative estimate of drug-likeness (QED) is 0.843. The summed E-state index contributed by atoms with van der Waals surface area (Å²) in [5.74, 6) is -0.293. The lowest BCUT2D eigenvalue weighted by atomic mass is 10.3. The Hall–Kier alpha value is -1.67. The fourth-order valence-corrected chi connectivity index (χ4v) is 3.11. The van der Waals surface area contributed by atoms with E-state index in [0.29, 0.717) is 6.54 Å². The first-order valence-corrected chi connectivity index (χ1v) is 8.38. The van der Waals surface area contributed by atoms with Crippen LogP contribution in [0.4, 0.5) is 15.9 Å². The van der Waals surface area contributed by atoms with Crippen LogP contribution >= 0.6 is 15.9 Å². The van der Waals surface area contributed by atoms with Gasteiger partial charge in [0.05, 0.1) is 10.2 Å². The molecule has 5 nitrogen and oxygen atoms in total. The zero-order chi connectivity index (χ0) is 15.5. The molecule has 1 heterocycles. The maximum Gasteiger partial charge on any atom is 0.265 e. The Kier molecular flexibility index (Phi) is 4.79. The predicted molar refractivity (Wildman–Crippen MR) is 83.3 cm³/mol. The first kappa shape index (κ1) is 15.7. The lowest BCUT2D eigenvalue weighted by molar-refractivity contribution is 0.601. The molecule has 0 saturated carbocycles. The van der Waals surface area contributed by atoms with Gasteiger partial charge in [-0.3, -0.25) is 4.72 Å². The van der Waals surface area contributed by atoms with Crippen LogP contribution in [0, 0.1) is 5.82 Å². The van der Waals surface area contributed by atoms with Crippen LogP contribution in [0.2, 0.25) is 0 Å². The van der Waals surface area contributed by atoms with E-state index < -0.39 is 15.8 Å². The van der Waals surface area contributed by atoms with Gasteiger partial charge in [0.1, 0.15) is 16.5 Å². The van der Waals surface area contributed by atoms with Crippen LogP contribution in [-0.4, -0.2) is 19.9 Å². The van der Waals surface area contributed by atoms with Crippen molar-refractivity contribution in [2.24, 2.45) is 0 Å². The van der Waals surface area contributed by atoms with Crippen LogP contribution in [0.1, 0.15) is 6.92 Å². The van der Waals surface area contributed by atoms with E-state index in [1.807, 2.05) is 6.92 Å². The number of nitrogens with one attached hydrogen (secondary N) is 2. The molecule has 0 radical (unpaired) electrons. The third-order valence-electron chi connectivity index (χ3n) is 2.58. The number of nitrogens with zero attached hydrogens (tertiary/aromatic N) is 1. The highest BCUT2D eigenvalue weighted by Crippen LogP contribution is 2.24. The minimum absolute atomic E-state index is 0.00942. The van der Waals surface area contributed by atoms with E-state index in [-0.39, 0.29) is 20.9 Å². The summed E-state index contributed by atoms with van der Waals surface area (Å²) in [6.07, 6.45) is 1.50. The van der Waals surface area contributed by atoms with E-state index in [4.69, 9.17) is 0 Å². The Labute approximate surface area is 130 Å². The molecule has 21 heavy (non-hydrogen) atoms. The van der Waals surface area contributed by atoms with E-state index >= 15 is 0 Å². The Balaban J connectivity index is 2.36. The summed E-state index contributed by atoms with van der Waals surface area (Å²) in [6, 6.07) is 6.96. The molecular weight excluding hydrogens is 361 g/mol. The van der Waals surface area contributed by atoms with Crippen LogP contribution in [-0.2, 0) is 10.0 Å². The molecule has 0 amide bonds. The largest absolute Gasteiger partial charge is 0.369 e. The molecule has 0 aliphatic carbocycles. The molecule has 112 valence electrons. The van der Waals surface area contributed by atoms with E-state index in [0.717, 1.165) is 6.07 Å². The Morgan fingerprint density at radius 3 is 2.76 bits per heavy atom. The van der Waals surface area contributed by atoms with E-state index in [2.05, 4.69) is 31.0 Å². The summed E-state index contributed by atoms with van der Waals surface area (Å²) in [5, 5.41) is 2.88. The summed E-state index contributed by atoms with van der Waals surface area (Å²) in [4.78, 5) is 4.01. The number of aromatic nitrogens is 1. The zero-order valence-electron chi connectivity index (χ0n) is 11.1. The molecule has 0 aliphatic rings. The molecule has 0 unspecified atom stereocenters. The second-order valence-electron chi connectivity index (χ2n) is 4.11. The van der Waals surface area contributed by atoms with Gasteiger partial charge >= 0.3 is 0 Å². The van der Waals surface area contributed by atoms with Gasteiger partial charge < -0.3 is 5.32 Å². The normalized spacial score (nSPS) is 11.2. The summed E-state index contributed by atoms with van der Waals surface area (Å²) in [7, 11) is -3.85. The van der Waals surface area contributed by atoms with Gasteiger partial charge in [-0.2, -0.15) is 0 Å². The number of anilines is 2. The fraction of sp³-hybridized carbons (Fsp3) is 0.154. The van der Waals surface area contributed by atoms with Crippen molar-refractivity contribution in [2.75, 3.05) is 16.6 Å². The molecule has 2 N–H and O–H groups in total. The molecule has 0 bridgehead atoms. The summed E-state index contributed by atoms with van der Waals surface area (Å²) in [6.45, 7) is 2.37. The average molecular weight is 374 g/mol. The minimum atomic E-state index is -3.85. The van der Waals surface area contributed by atoms with Gasteiger partial charge in [-0.1, -0.05) is 0 Å². The molecule has 1 aromatic carbocycles. The van der Waals surface area contributed by atoms with Gasteiger partial charge in [-0.15, -0.1) is 0 Å². The van der Waals surface area contributed by atoms with Crippen molar-refractivity contribution in [2.45, 2.75) is 11.8 Å². The SMILES string of the molecule is CCNc1ncccc1S(=O)(=O)Nc1ccc(Br)c(F)c1. The van der Waals surface area contributed by atoms with Gasteiger partial charge in [0.2, 0.25) is 0 Å². The van der Waals surface area contributed by atoms with E-state index in [1.54, 1.807) is 0 Å². The monoisotopic (exact) mass is 373 g/mol. The highest BCUT2D eigenvalue weighted by atomic mass is 79.9. The van der Waals surface area contributed by atoms with Crippen LogP contribution in [0.3, 0.4) is 0 Å². The van der Waals surface area contributed by atoms with Crippen molar-refractivity contribution < 1.29 is 12.8 Å². The molecule has 0 aliphatic heterocycles. The van der Waals surface area contributed by atoms with Crippen molar-refractivity contribution in [3.05, 3.63) is 46.8 Å². The van der Waals surface area contributed by atoms with Gasteiger partial charge in [0.25, 0.3) is 10.0 Å². The van der Waals surface area contributed by atoms with Crippen molar-refractivity contribution in [3.63, 3.8) is 0 Å². The summed E-state index contributed by atoms with van der Waals surface area (Å²) >= 11 is 3.01. The molecule has 2 aromatic rings. The number of halogens is 2. The third kappa shape index (κ3) is 3.70. The van der Waals surface area contributed by atoms with Gasteiger partial charge in [-0.25, -0.2) is 17.8 Å². The number of rotatable bonds is 5. The van der Waals surface area contributed by atoms with Gasteiger partial charge in [0.15, 0.2) is 0 Å². The fourth-order valence-electron chi connectivity index (χ4n) is 1.68. The minimum Gasteiger partial charge on any atom is -0.369 e. The molecule has 0 saturated heterocycles.